The van der Waals surface area contributed by atoms with Gasteiger partial charge in [0.1, 0.15) is 18.2 Å². The van der Waals surface area contributed by atoms with Crippen molar-refractivity contribution in [1.29, 1.82) is 0 Å². The van der Waals surface area contributed by atoms with Gasteiger partial charge in [0.15, 0.2) is 0 Å². The summed E-state index contributed by atoms with van der Waals surface area (Å²) in [6, 6.07) is 3.49. The average Bonchev–Trinajstić information content (AvgIpc) is 3.03. The van der Waals surface area contributed by atoms with E-state index in [-0.39, 0.29) is 11.6 Å². The van der Waals surface area contributed by atoms with E-state index in [1.165, 1.54) is 0 Å². The summed E-state index contributed by atoms with van der Waals surface area (Å²) in [6.45, 7) is 4.52. The Hall–Kier alpha value is -1.72. The molecule has 0 spiro atoms. The van der Waals surface area contributed by atoms with Crippen LogP contribution in [0.25, 0.3) is 0 Å². The molecule has 0 bridgehead atoms. The van der Waals surface area contributed by atoms with Crippen LogP contribution in [0.5, 0.6) is 5.75 Å². The molecule has 1 atom stereocenters. The lowest BCUT2D eigenvalue weighted by atomic mass is 9.96. The predicted octanol–water partition coefficient (Wildman–Crippen LogP) is 2.78. The van der Waals surface area contributed by atoms with Gasteiger partial charge in [-0.2, -0.15) is 5.10 Å². The first-order valence-corrected chi connectivity index (χ1v) is 7.23. The van der Waals surface area contributed by atoms with E-state index < -0.39 is 0 Å². The van der Waals surface area contributed by atoms with Gasteiger partial charge < -0.3 is 4.74 Å². The Bertz CT molecular complexity index is 751. The highest BCUT2D eigenvalue weighted by Crippen LogP contribution is 2.41. The van der Waals surface area contributed by atoms with Crippen LogP contribution in [-0.4, -0.2) is 21.4 Å². The van der Waals surface area contributed by atoms with E-state index in [1.807, 2.05) is 0 Å². The molecule has 1 aromatic carbocycles. The number of benzene rings is 1. The molecule has 1 N–H and O–H groups in total. The van der Waals surface area contributed by atoms with Gasteiger partial charge in [-0.15, -0.1) is 0 Å². The van der Waals surface area contributed by atoms with Gasteiger partial charge in [-0.1, -0.05) is 35.9 Å². The van der Waals surface area contributed by atoms with Crippen molar-refractivity contribution in [3.05, 3.63) is 56.7 Å². The maximum absolute atomic E-state index is 11.6. The third-order valence-corrected chi connectivity index (χ3v) is 4.35. The van der Waals surface area contributed by atoms with Crippen molar-refractivity contribution in [3.63, 3.8) is 0 Å². The number of halogens is 2. The van der Waals surface area contributed by atoms with Crippen LogP contribution in [0.1, 0.15) is 17.3 Å². The summed E-state index contributed by atoms with van der Waals surface area (Å²) in [5.41, 5.74) is 0.607. The summed E-state index contributed by atoms with van der Waals surface area (Å²) < 4.78 is 7.27. The first kappa shape index (κ1) is 14.2. The summed E-state index contributed by atoms with van der Waals surface area (Å²) in [4.78, 5) is 11.6. The largest absolute Gasteiger partial charge is 0.489 e. The Morgan fingerprint density at radius 1 is 1.52 bits per heavy atom. The van der Waals surface area contributed by atoms with Gasteiger partial charge in [0.25, 0.3) is 0 Å². The molecule has 1 aromatic heterocycles. The number of aromatic amines is 1. The number of ether oxygens (including phenoxy) is 1. The van der Waals surface area contributed by atoms with E-state index in [2.05, 4.69) is 16.8 Å². The molecule has 21 heavy (non-hydrogen) atoms. The number of nitrogens with one attached hydrogen (secondary N) is 1. The monoisotopic (exact) mass is 325 g/mol. The third kappa shape index (κ3) is 2.47. The van der Waals surface area contributed by atoms with Gasteiger partial charge in [-0.05, 0) is 12.1 Å². The van der Waals surface area contributed by atoms with Gasteiger partial charge in [0.2, 0.25) is 0 Å². The van der Waals surface area contributed by atoms with Crippen LogP contribution >= 0.6 is 23.2 Å². The Kier molecular flexibility index (Phi) is 3.78. The second-order valence-electron chi connectivity index (χ2n) is 4.83. The standard InChI is InChI=1S/C14H13Cl2N3O2/c1-2-5-21-10-4-3-9(15)13(16)12(10)8-6-11-17-18-14(20)19(11)7-8/h2-4,8H,1,5-7H2,(H,18,20). The van der Waals surface area contributed by atoms with Crippen LogP contribution in [-0.2, 0) is 13.0 Å². The number of hydrogen-bond acceptors (Lipinski definition) is 3. The van der Waals surface area contributed by atoms with Gasteiger partial charge in [-0.25, -0.2) is 9.89 Å². The van der Waals surface area contributed by atoms with Crippen molar-refractivity contribution in [2.45, 2.75) is 18.9 Å². The zero-order valence-corrected chi connectivity index (χ0v) is 12.6. The Balaban J connectivity index is 2.00. The summed E-state index contributed by atoms with van der Waals surface area (Å²) >= 11 is 12.5. The molecule has 0 amide bonds. The Labute approximate surface area is 131 Å². The van der Waals surface area contributed by atoms with Crippen molar-refractivity contribution in [2.75, 3.05) is 6.61 Å². The van der Waals surface area contributed by atoms with Gasteiger partial charge in [-0.3, -0.25) is 4.57 Å². The van der Waals surface area contributed by atoms with E-state index >= 15 is 0 Å². The molecule has 2 heterocycles. The van der Waals surface area contributed by atoms with Crippen LogP contribution < -0.4 is 10.4 Å². The molecule has 0 saturated heterocycles. The molecule has 1 aliphatic rings. The molecule has 0 saturated carbocycles. The highest BCUT2D eigenvalue weighted by Gasteiger charge is 2.30. The SMILES string of the molecule is C=CCOc1ccc(Cl)c(Cl)c1C1Cc2n[nH]c(=O)n2C1. The molecule has 5 nitrogen and oxygen atoms in total. The number of nitrogens with zero attached hydrogens (tertiary/aromatic N) is 2. The van der Waals surface area contributed by atoms with Gasteiger partial charge in [0.05, 0.1) is 10.0 Å². The third-order valence-electron chi connectivity index (χ3n) is 3.53. The van der Waals surface area contributed by atoms with Crippen LogP contribution in [0.3, 0.4) is 0 Å². The Morgan fingerprint density at radius 2 is 2.33 bits per heavy atom. The lowest BCUT2D eigenvalue weighted by Gasteiger charge is -2.17. The first-order valence-electron chi connectivity index (χ1n) is 6.47. The van der Waals surface area contributed by atoms with E-state index in [4.69, 9.17) is 27.9 Å². The topological polar surface area (TPSA) is 59.9 Å². The van der Waals surface area contributed by atoms with E-state index in [0.717, 1.165) is 11.4 Å². The molecule has 3 rings (SSSR count). The van der Waals surface area contributed by atoms with Crippen molar-refractivity contribution >= 4 is 23.2 Å². The zero-order chi connectivity index (χ0) is 15.0. The minimum Gasteiger partial charge on any atom is -0.489 e. The molecular formula is C14H13Cl2N3O2. The number of aromatic nitrogens is 3. The number of H-pyrrole nitrogens is 1. The molecule has 1 unspecified atom stereocenters. The summed E-state index contributed by atoms with van der Waals surface area (Å²) in [7, 11) is 0. The van der Waals surface area contributed by atoms with Crippen LogP contribution in [0.4, 0.5) is 0 Å². The smallest absolute Gasteiger partial charge is 0.343 e. The van der Waals surface area contributed by atoms with Gasteiger partial charge in [0, 0.05) is 24.4 Å². The van der Waals surface area contributed by atoms with Crippen LogP contribution in [0.2, 0.25) is 10.0 Å². The zero-order valence-electron chi connectivity index (χ0n) is 11.1. The quantitative estimate of drug-likeness (QED) is 0.879. The van der Waals surface area contributed by atoms with Crippen molar-refractivity contribution < 1.29 is 4.74 Å². The molecule has 0 aliphatic carbocycles. The minimum absolute atomic E-state index is 0.0146. The minimum atomic E-state index is -0.209. The maximum atomic E-state index is 11.6. The molecule has 0 radical (unpaired) electrons. The van der Waals surface area contributed by atoms with Gasteiger partial charge >= 0.3 is 5.69 Å². The summed E-state index contributed by atoms with van der Waals surface area (Å²) in [6.07, 6.45) is 2.28. The predicted molar refractivity (Wildman–Crippen MR) is 81.4 cm³/mol. The number of hydrogen-bond donors (Lipinski definition) is 1. The summed E-state index contributed by atoms with van der Waals surface area (Å²) in [5, 5.41) is 7.38. The second-order valence-corrected chi connectivity index (χ2v) is 5.61. The lowest BCUT2D eigenvalue weighted by Crippen LogP contribution is -2.17. The fourth-order valence-electron chi connectivity index (χ4n) is 2.60. The number of fused-ring (bicyclic) bond motifs is 1. The summed E-state index contributed by atoms with van der Waals surface area (Å²) in [5.74, 6) is 1.40. The molecule has 1 aliphatic heterocycles. The normalized spacial score (nSPS) is 16.8. The molecule has 7 heteroatoms. The maximum Gasteiger partial charge on any atom is 0.343 e. The van der Waals surface area contributed by atoms with Crippen LogP contribution in [0, 0.1) is 0 Å². The van der Waals surface area contributed by atoms with E-state index in [1.54, 1.807) is 22.8 Å². The van der Waals surface area contributed by atoms with Crippen molar-refractivity contribution in [2.24, 2.45) is 0 Å². The first-order chi connectivity index (χ1) is 10.1. The second kappa shape index (κ2) is 5.58. The molecule has 110 valence electrons. The van der Waals surface area contributed by atoms with Crippen LogP contribution in [0.15, 0.2) is 29.6 Å². The lowest BCUT2D eigenvalue weighted by molar-refractivity contribution is 0.355. The van der Waals surface area contributed by atoms with E-state index in [0.29, 0.717) is 35.4 Å². The molecule has 0 fully saturated rings. The fourth-order valence-corrected chi connectivity index (χ4v) is 3.07. The fraction of sp³-hybridized carbons (Fsp3) is 0.286. The highest BCUT2D eigenvalue weighted by molar-refractivity contribution is 6.42. The highest BCUT2D eigenvalue weighted by atomic mass is 35.5. The number of rotatable bonds is 4. The molecule has 2 aromatic rings. The van der Waals surface area contributed by atoms with Crippen molar-refractivity contribution in [3.8, 4) is 5.75 Å². The Morgan fingerprint density at radius 3 is 3.05 bits per heavy atom. The van der Waals surface area contributed by atoms with E-state index in [9.17, 15) is 4.79 Å². The van der Waals surface area contributed by atoms with Crippen molar-refractivity contribution in [1.82, 2.24) is 14.8 Å². The molecular weight excluding hydrogens is 313 g/mol. The average molecular weight is 326 g/mol.